The summed E-state index contributed by atoms with van der Waals surface area (Å²) >= 11 is 0. The average molecular weight is 160 g/mol. The topological polar surface area (TPSA) is 58.3 Å². The quantitative estimate of drug-likeness (QED) is 0.462. The monoisotopic (exact) mass is 160 g/mol. The number of unbranched alkanes of at least 4 members (excludes halogenated alkanes) is 2. The van der Waals surface area contributed by atoms with Crippen LogP contribution in [0.4, 0.5) is 0 Å². The lowest BCUT2D eigenvalue weighted by Gasteiger charge is -2.09. The van der Waals surface area contributed by atoms with Gasteiger partial charge in [-0.2, -0.15) is 0 Å². The normalized spacial score (nSPS) is 13.4. The Labute approximate surface area is 69.0 Å². The number of hydrogen-bond donors (Lipinski definition) is 3. The Kier molecular flexibility index (Phi) is 7.89. The molecular weight excluding hydrogens is 140 g/mol. The fourth-order valence-electron chi connectivity index (χ4n) is 0.845. The Morgan fingerprint density at radius 3 is 2.64 bits per heavy atom. The molecule has 0 spiro atoms. The fourth-order valence-corrected chi connectivity index (χ4v) is 0.845. The number of rotatable bonds is 7. The summed E-state index contributed by atoms with van der Waals surface area (Å²) in [5.74, 6) is 0. The van der Waals surface area contributed by atoms with E-state index in [1.807, 2.05) is 0 Å². The van der Waals surface area contributed by atoms with Crippen LogP contribution >= 0.6 is 0 Å². The SMILES string of the molecule is C[C@H](CN)NCCCCCO. The molecule has 0 aromatic rings. The number of hydrogen-bond acceptors (Lipinski definition) is 3. The van der Waals surface area contributed by atoms with Crippen LogP contribution in [0.2, 0.25) is 0 Å². The lowest BCUT2D eigenvalue weighted by atomic mass is 10.2. The highest BCUT2D eigenvalue weighted by Crippen LogP contribution is 1.92. The van der Waals surface area contributed by atoms with Crippen LogP contribution in [-0.4, -0.2) is 30.8 Å². The molecule has 4 N–H and O–H groups in total. The van der Waals surface area contributed by atoms with E-state index in [4.69, 9.17) is 10.8 Å². The van der Waals surface area contributed by atoms with E-state index in [0.29, 0.717) is 19.2 Å². The van der Waals surface area contributed by atoms with Crippen molar-refractivity contribution < 1.29 is 5.11 Å². The van der Waals surface area contributed by atoms with Crippen molar-refractivity contribution in [2.45, 2.75) is 32.2 Å². The Bertz CT molecular complexity index is 78.5. The highest BCUT2D eigenvalue weighted by molar-refractivity contribution is 4.59. The van der Waals surface area contributed by atoms with Gasteiger partial charge in [0.25, 0.3) is 0 Å². The molecule has 0 fully saturated rings. The van der Waals surface area contributed by atoms with Gasteiger partial charge in [0.05, 0.1) is 0 Å². The van der Waals surface area contributed by atoms with Gasteiger partial charge in [-0.15, -0.1) is 0 Å². The largest absolute Gasteiger partial charge is 0.396 e. The molecule has 0 bridgehead atoms. The number of nitrogens with one attached hydrogen (secondary N) is 1. The summed E-state index contributed by atoms with van der Waals surface area (Å²) in [6, 6.07) is 0.420. The van der Waals surface area contributed by atoms with Crippen molar-refractivity contribution >= 4 is 0 Å². The van der Waals surface area contributed by atoms with Crippen LogP contribution < -0.4 is 11.1 Å². The molecule has 0 amide bonds. The molecule has 68 valence electrons. The highest BCUT2D eigenvalue weighted by Gasteiger charge is 1.95. The first-order valence-corrected chi connectivity index (χ1v) is 4.35. The van der Waals surface area contributed by atoms with Crippen molar-refractivity contribution in [2.75, 3.05) is 19.7 Å². The Hall–Kier alpha value is -0.120. The molecule has 0 unspecified atom stereocenters. The summed E-state index contributed by atoms with van der Waals surface area (Å²) in [6.45, 7) is 4.09. The average Bonchev–Trinajstić information content (AvgIpc) is 2.04. The first-order chi connectivity index (χ1) is 5.31. The summed E-state index contributed by atoms with van der Waals surface area (Å²) in [7, 11) is 0. The summed E-state index contributed by atoms with van der Waals surface area (Å²) in [5, 5.41) is 11.8. The van der Waals surface area contributed by atoms with Crippen molar-refractivity contribution in [1.29, 1.82) is 0 Å². The van der Waals surface area contributed by atoms with Crippen molar-refractivity contribution in [3.8, 4) is 0 Å². The predicted molar refractivity (Wildman–Crippen MR) is 47.5 cm³/mol. The minimum atomic E-state index is 0.312. The second-order valence-electron chi connectivity index (χ2n) is 2.88. The van der Waals surface area contributed by atoms with E-state index in [-0.39, 0.29) is 0 Å². The smallest absolute Gasteiger partial charge is 0.0431 e. The second kappa shape index (κ2) is 7.98. The molecule has 0 aliphatic rings. The van der Waals surface area contributed by atoms with Crippen LogP contribution in [0.15, 0.2) is 0 Å². The van der Waals surface area contributed by atoms with Crippen LogP contribution in [0.3, 0.4) is 0 Å². The van der Waals surface area contributed by atoms with Gasteiger partial charge >= 0.3 is 0 Å². The maximum Gasteiger partial charge on any atom is 0.0431 e. The van der Waals surface area contributed by atoms with E-state index in [9.17, 15) is 0 Å². The molecule has 1 atom stereocenters. The number of nitrogens with two attached hydrogens (primary N) is 1. The highest BCUT2D eigenvalue weighted by atomic mass is 16.2. The molecule has 3 nitrogen and oxygen atoms in total. The lowest BCUT2D eigenvalue weighted by molar-refractivity contribution is 0.282. The van der Waals surface area contributed by atoms with E-state index < -0.39 is 0 Å². The number of aliphatic hydroxyl groups excluding tert-OH is 1. The first-order valence-electron chi connectivity index (χ1n) is 4.35. The Morgan fingerprint density at radius 2 is 2.09 bits per heavy atom. The van der Waals surface area contributed by atoms with Crippen LogP contribution in [0, 0.1) is 0 Å². The van der Waals surface area contributed by atoms with Gasteiger partial charge in [-0.1, -0.05) is 0 Å². The third kappa shape index (κ3) is 7.78. The Balaban J connectivity index is 2.89. The van der Waals surface area contributed by atoms with Gasteiger partial charge in [-0.25, -0.2) is 0 Å². The predicted octanol–water partition coefficient (Wildman–Crippen LogP) is 0.0858. The van der Waals surface area contributed by atoms with Gasteiger partial charge in [0.2, 0.25) is 0 Å². The van der Waals surface area contributed by atoms with Gasteiger partial charge in [-0.05, 0) is 32.7 Å². The lowest BCUT2D eigenvalue weighted by Crippen LogP contribution is -2.33. The van der Waals surface area contributed by atoms with Crippen molar-refractivity contribution in [3.63, 3.8) is 0 Å². The molecule has 0 aromatic carbocycles. The zero-order valence-corrected chi connectivity index (χ0v) is 7.34. The first kappa shape index (κ1) is 10.9. The molecule has 3 heteroatoms. The zero-order valence-electron chi connectivity index (χ0n) is 7.34. The molecule has 0 saturated heterocycles. The minimum Gasteiger partial charge on any atom is -0.396 e. The van der Waals surface area contributed by atoms with Crippen molar-refractivity contribution in [3.05, 3.63) is 0 Å². The van der Waals surface area contributed by atoms with E-state index in [2.05, 4.69) is 12.2 Å². The molecule has 11 heavy (non-hydrogen) atoms. The fraction of sp³-hybridized carbons (Fsp3) is 1.00. The minimum absolute atomic E-state index is 0.312. The Morgan fingerprint density at radius 1 is 1.36 bits per heavy atom. The summed E-state index contributed by atoms with van der Waals surface area (Å²) in [6.07, 6.45) is 3.14. The summed E-state index contributed by atoms with van der Waals surface area (Å²) in [4.78, 5) is 0. The standard InChI is InChI=1S/C8H20N2O/c1-8(7-9)10-5-3-2-4-6-11/h8,10-11H,2-7,9H2,1H3/t8-/m1/s1. The van der Waals surface area contributed by atoms with Crippen LogP contribution in [-0.2, 0) is 0 Å². The molecule has 0 heterocycles. The van der Waals surface area contributed by atoms with Gasteiger partial charge in [0.15, 0.2) is 0 Å². The molecule has 0 rings (SSSR count). The van der Waals surface area contributed by atoms with E-state index >= 15 is 0 Å². The van der Waals surface area contributed by atoms with Gasteiger partial charge in [0.1, 0.15) is 0 Å². The van der Waals surface area contributed by atoms with Crippen LogP contribution in [0.1, 0.15) is 26.2 Å². The van der Waals surface area contributed by atoms with Crippen molar-refractivity contribution in [2.24, 2.45) is 5.73 Å². The van der Waals surface area contributed by atoms with Crippen molar-refractivity contribution in [1.82, 2.24) is 5.32 Å². The van der Waals surface area contributed by atoms with Gasteiger partial charge in [0, 0.05) is 19.2 Å². The molecule has 0 aliphatic heterocycles. The zero-order chi connectivity index (χ0) is 8.53. The molecular formula is C8H20N2O. The van der Waals surface area contributed by atoms with Gasteiger partial charge in [-0.3, -0.25) is 0 Å². The molecule has 0 aromatic heterocycles. The third-order valence-corrected chi connectivity index (χ3v) is 1.68. The maximum atomic E-state index is 8.48. The van der Waals surface area contributed by atoms with E-state index in [0.717, 1.165) is 25.8 Å². The van der Waals surface area contributed by atoms with Gasteiger partial charge < -0.3 is 16.2 Å². The van der Waals surface area contributed by atoms with E-state index in [1.54, 1.807) is 0 Å². The summed E-state index contributed by atoms with van der Waals surface area (Å²) in [5.41, 5.74) is 5.41. The molecule has 0 radical (unpaired) electrons. The number of aliphatic hydroxyl groups is 1. The van der Waals surface area contributed by atoms with Crippen LogP contribution in [0.5, 0.6) is 0 Å². The van der Waals surface area contributed by atoms with Crippen LogP contribution in [0.25, 0.3) is 0 Å². The van der Waals surface area contributed by atoms with E-state index in [1.165, 1.54) is 0 Å². The molecule has 0 aliphatic carbocycles. The molecule has 0 saturated carbocycles. The third-order valence-electron chi connectivity index (χ3n) is 1.68. The maximum absolute atomic E-state index is 8.48. The second-order valence-corrected chi connectivity index (χ2v) is 2.88. The summed E-state index contributed by atoms with van der Waals surface area (Å²) < 4.78 is 0.